The van der Waals surface area contributed by atoms with Crippen LogP contribution in [0.25, 0.3) is 0 Å². The smallest absolute Gasteiger partial charge is 0.258 e. The highest BCUT2D eigenvalue weighted by atomic mass is 16.5. The van der Waals surface area contributed by atoms with Crippen molar-refractivity contribution in [3.05, 3.63) is 83.9 Å². The molecule has 3 aromatic rings. The van der Waals surface area contributed by atoms with Gasteiger partial charge in [0.25, 0.3) is 5.91 Å². The standard InChI is InChI=1S/C31H39N3O4/c1-22-18-34(23(2)21-35)31(36)27-12-9-13-28(32(3)4)30(27)38-29(22)20-33(5)19-24-14-16-26(17-15-24)37-25-10-7-6-8-11-25/h6-17,22-23,29,35H,18-21H2,1-5H3/t22-,23+,29-/m1/s1. The van der Waals surface area contributed by atoms with Gasteiger partial charge in [-0.2, -0.15) is 0 Å². The van der Waals surface area contributed by atoms with Crippen LogP contribution in [-0.2, 0) is 6.54 Å². The highest BCUT2D eigenvalue weighted by molar-refractivity contribution is 5.99. The van der Waals surface area contributed by atoms with Gasteiger partial charge < -0.3 is 24.4 Å². The van der Waals surface area contributed by atoms with Crippen molar-refractivity contribution < 1.29 is 19.4 Å². The summed E-state index contributed by atoms with van der Waals surface area (Å²) in [5, 5.41) is 9.87. The number of carbonyl (C=O) groups excluding carboxylic acids is 1. The summed E-state index contributed by atoms with van der Waals surface area (Å²) < 4.78 is 12.6. The number of ether oxygens (including phenoxy) is 2. The Hall–Kier alpha value is -3.55. The van der Waals surface area contributed by atoms with Gasteiger partial charge in [-0.1, -0.05) is 43.3 Å². The molecule has 0 saturated heterocycles. The normalized spacial score (nSPS) is 18.3. The minimum Gasteiger partial charge on any atom is -0.486 e. The lowest BCUT2D eigenvalue weighted by Crippen LogP contribution is -2.49. The molecule has 0 saturated carbocycles. The van der Waals surface area contributed by atoms with Gasteiger partial charge in [0.05, 0.1) is 23.9 Å². The molecule has 0 radical (unpaired) electrons. The van der Waals surface area contributed by atoms with E-state index in [2.05, 4.69) is 31.0 Å². The summed E-state index contributed by atoms with van der Waals surface area (Å²) in [6.45, 7) is 5.85. The van der Waals surface area contributed by atoms with Crippen molar-refractivity contribution in [1.82, 2.24) is 9.80 Å². The molecule has 7 heteroatoms. The van der Waals surface area contributed by atoms with Crippen LogP contribution in [0.5, 0.6) is 17.2 Å². The Labute approximate surface area is 226 Å². The highest BCUT2D eigenvalue weighted by Gasteiger charge is 2.34. The Morgan fingerprint density at radius 2 is 1.68 bits per heavy atom. The van der Waals surface area contributed by atoms with Crippen molar-refractivity contribution in [2.75, 3.05) is 45.7 Å². The van der Waals surface area contributed by atoms with Gasteiger partial charge in [-0.3, -0.25) is 9.69 Å². The Balaban J connectivity index is 1.51. The second-order valence-corrected chi connectivity index (χ2v) is 10.4. The zero-order valence-electron chi connectivity index (χ0n) is 23.0. The summed E-state index contributed by atoms with van der Waals surface area (Å²) in [4.78, 5) is 19.5. The molecule has 7 nitrogen and oxygen atoms in total. The van der Waals surface area contributed by atoms with Crippen LogP contribution in [0.2, 0.25) is 0 Å². The lowest BCUT2D eigenvalue weighted by Gasteiger charge is -2.39. The maximum Gasteiger partial charge on any atom is 0.258 e. The molecule has 202 valence electrons. The summed E-state index contributed by atoms with van der Waals surface area (Å²) in [5.74, 6) is 2.16. The number of para-hydroxylation sites is 2. The van der Waals surface area contributed by atoms with Gasteiger partial charge in [0.2, 0.25) is 0 Å². The number of benzene rings is 3. The minimum atomic E-state index is -0.283. The fraction of sp³-hybridized carbons (Fsp3) is 0.387. The van der Waals surface area contributed by atoms with Crippen LogP contribution >= 0.6 is 0 Å². The van der Waals surface area contributed by atoms with Gasteiger partial charge in [0, 0.05) is 39.6 Å². The van der Waals surface area contributed by atoms with Crippen LogP contribution in [0.15, 0.2) is 72.8 Å². The third-order valence-corrected chi connectivity index (χ3v) is 7.00. The number of amides is 1. The third kappa shape index (κ3) is 6.47. The predicted molar refractivity (Wildman–Crippen MR) is 151 cm³/mol. The molecule has 0 bridgehead atoms. The molecule has 1 heterocycles. The van der Waals surface area contributed by atoms with Crippen LogP contribution in [0.3, 0.4) is 0 Å². The molecule has 0 aromatic heterocycles. The number of hydrogen-bond acceptors (Lipinski definition) is 6. The Morgan fingerprint density at radius 3 is 2.34 bits per heavy atom. The third-order valence-electron chi connectivity index (χ3n) is 7.00. The topological polar surface area (TPSA) is 65.5 Å². The minimum absolute atomic E-state index is 0.0559. The molecule has 1 amide bonds. The lowest BCUT2D eigenvalue weighted by atomic mass is 9.98. The van der Waals surface area contributed by atoms with Gasteiger partial charge in [-0.15, -0.1) is 0 Å². The van der Waals surface area contributed by atoms with E-state index in [-0.39, 0.29) is 30.6 Å². The first-order valence-corrected chi connectivity index (χ1v) is 13.2. The van der Waals surface area contributed by atoms with E-state index in [1.54, 1.807) is 4.90 Å². The Bertz CT molecular complexity index is 1200. The van der Waals surface area contributed by atoms with Gasteiger partial charge in [-0.05, 0) is 55.9 Å². The maximum absolute atomic E-state index is 13.5. The van der Waals surface area contributed by atoms with E-state index in [1.165, 1.54) is 5.56 Å². The molecule has 1 aliphatic rings. The van der Waals surface area contributed by atoms with Crippen LogP contribution in [-0.4, -0.2) is 73.8 Å². The molecule has 0 spiro atoms. The molecule has 4 rings (SSSR count). The fourth-order valence-corrected chi connectivity index (χ4v) is 4.77. The predicted octanol–water partition coefficient (Wildman–Crippen LogP) is 4.90. The summed E-state index contributed by atoms with van der Waals surface area (Å²) in [5.41, 5.74) is 2.57. The zero-order chi connectivity index (χ0) is 27.2. The fourth-order valence-electron chi connectivity index (χ4n) is 4.77. The molecule has 3 aromatic carbocycles. The Kier molecular flexibility index (Phi) is 8.92. The molecule has 0 fully saturated rings. The van der Waals surface area contributed by atoms with Crippen molar-refractivity contribution in [1.29, 1.82) is 0 Å². The second-order valence-electron chi connectivity index (χ2n) is 10.4. The van der Waals surface area contributed by atoms with Gasteiger partial charge >= 0.3 is 0 Å². The molecule has 3 atom stereocenters. The average molecular weight is 518 g/mol. The number of likely N-dealkylation sites (N-methyl/N-ethyl adjacent to an activating group) is 1. The average Bonchev–Trinajstić information content (AvgIpc) is 2.91. The first-order chi connectivity index (χ1) is 18.3. The van der Waals surface area contributed by atoms with Crippen LogP contribution in [0, 0.1) is 5.92 Å². The van der Waals surface area contributed by atoms with Crippen molar-refractivity contribution in [3.8, 4) is 17.2 Å². The lowest BCUT2D eigenvalue weighted by molar-refractivity contribution is 0.0343. The molecular weight excluding hydrogens is 478 g/mol. The molecule has 0 unspecified atom stereocenters. The van der Waals surface area contributed by atoms with Crippen molar-refractivity contribution in [2.45, 2.75) is 32.5 Å². The number of aliphatic hydroxyl groups is 1. The number of carbonyl (C=O) groups is 1. The van der Waals surface area contributed by atoms with Crippen LogP contribution in [0.1, 0.15) is 29.8 Å². The first-order valence-electron chi connectivity index (χ1n) is 13.2. The van der Waals surface area contributed by atoms with Crippen LogP contribution in [0.4, 0.5) is 5.69 Å². The van der Waals surface area contributed by atoms with Gasteiger partial charge in [0.1, 0.15) is 17.6 Å². The van der Waals surface area contributed by atoms with Gasteiger partial charge in [-0.25, -0.2) is 0 Å². The van der Waals surface area contributed by atoms with E-state index in [4.69, 9.17) is 9.47 Å². The second kappa shape index (κ2) is 12.3. The number of anilines is 1. The van der Waals surface area contributed by atoms with Crippen molar-refractivity contribution >= 4 is 11.6 Å². The molecule has 1 aliphatic heterocycles. The van der Waals surface area contributed by atoms with E-state index in [9.17, 15) is 9.90 Å². The van der Waals surface area contributed by atoms with E-state index in [1.807, 2.05) is 86.6 Å². The van der Waals surface area contributed by atoms with Crippen LogP contribution < -0.4 is 14.4 Å². The number of nitrogens with zero attached hydrogens (tertiary/aromatic N) is 3. The number of rotatable bonds is 9. The van der Waals surface area contributed by atoms with Crippen molar-refractivity contribution in [2.24, 2.45) is 5.92 Å². The highest BCUT2D eigenvalue weighted by Crippen LogP contribution is 2.36. The first kappa shape index (κ1) is 27.5. The molecule has 0 aliphatic carbocycles. The maximum atomic E-state index is 13.5. The van der Waals surface area contributed by atoms with E-state index in [0.717, 1.165) is 23.7 Å². The van der Waals surface area contributed by atoms with E-state index >= 15 is 0 Å². The molecule has 1 N–H and O–H groups in total. The summed E-state index contributed by atoms with van der Waals surface area (Å²) in [6, 6.07) is 23.3. The van der Waals surface area contributed by atoms with Crippen molar-refractivity contribution in [3.63, 3.8) is 0 Å². The van der Waals surface area contributed by atoms with E-state index < -0.39 is 0 Å². The zero-order valence-corrected chi connectivity index (χ0v) is 23.0. The summed E-state index contributed by atoms with van der Waals surface area (Å²) in [7, 11) is 5.99. The largest absolute Gasteiger partial charge is 0.486 e. The number of hydrogen-bond donors (Lipinski definition) is 1. The molecular formula is C31H39N3O4. The number of fused-ring (bicyclic) bond motifs is 1. The quantitative estimate of drug-likeness (QED) is 0.436. The number of aliphatic hydroxyl groups excluding tert-OH is 1. The Morgan fingerprint density at radius 1 is 1.00 bits per heavy atom. The summed E-state index contributed by atoms with van der Waals surface area (Å²) in [6.07, 6.45) is -0.151. The van der Waals surface area contributed by atoms with Gasteiger partial charge in [0.15, 0.2) is 5.75 Å². The van der Waals surface area contributed by atoms with E-state index in [0.29, 0.717) is 24.4 Å². The SMILES string of the molecule is C[C@@H]1CN([C@@H](C)CO)C(=O)c2cccc(N(C)C)c2O[C@@H]1CN(C)Cc1ccc(Oc2ccccc2)cc1. The monoisotopic (exact) mass is 517 g/mol. The molecule has 38 heavy (non-hydrogen) atoms. The summed E-state index contributed by atoms with van der Waals surface area (Å²) >= 11 is 0.